The molecule has 3 heterocycles. The zero-order valence-electron chi connectivity index (χ0n) is 12.2. The summed E-state index contributed by atoms with van der Waals surface area (Å²) in [6.45, 7) is 0.0360. The van der Waals surface area contributed by atoms with Gasteiger partial charge in [0.05, 0.1) is 0 Å². The SMILES string of the molecule is NC1=CC23OCOc4cccc(c4)C(=O)C=CC1=CC2OCO3. The summed E-state index contributed by atoms with van der Waals surface area (Å²) < 4.78 is 22.5. The Labute approximate surface area is 132 Å². The minimum absolute atomic E-state index is 0.0577. The largest absolute Gasteiger partial charge is 0.467 e. The van der Waals surface area contributed by atoms with Gasteiger partial charge in [0.2, 0.25) is 5.79 Å². The smallest absolute Gasteiger partial charge is 0.226 e. The highest BCUT2D eigenvalue weighted by atomic mass is 16.8. The molecule has 23 heavy (non-hydrogen) atoms. The molecule has 4 bridgehead atoms. The fourth-order valence-electron chi connectivity index (χ4n) is 2.75. The van der Waals surface area contributed by atoms with Gasteiger partial charge in [-0.15, -0.1) is 0 Å². The van der Waals surface area contributed by atoms with Gasteiger partial charge in [0.15, 0.2) is 19.4 Å². The summed E-state index contributed by atoms with van der Waals surface area (Å²) in [6, 6.07) is 6.91. The average molecular weight is 313 g/mol. The molecule has 0 saturated carbocycles. The van der Waals surface area contributed by atoms with E-state index in [4.69, 9.17) is 24.7 Å². The zero-order valence-corrected chi connectivity index (χ0v) is 12.2. The second-order valence-corrected chi connectivity index (χ2v) is 5.42. The zero-order chi connectivity index (χ0) is 15.9. The van der Waals surface area contributed by atoms with Crippen LogP contribution >= 0.6 is 0 Å². The van der Waals surface area contributed by atoms with Crippen molar-refractivity contribution in [1.29, 1.82) is 0 Å². The van der Waals surface area contributed by atoms with Gasteiger partial charge in [-0.1, -0.05) is 12.1 Å². The van der Waals surface area contributed by atoms with Gasteiger partial charge in [0, 0.05) is 17.3 Å². The number of carbonyl (C=O) groups excluding carboxylic acids is 1. The van der Waals surface area contributed by atoms with E-state index >= 15 is 0 Å². The highest BCUT2D eigenvalue weighted by Gasteiger charge is 2.47. The maximum Gasteiger partial charge on any atom is 0.226 e. The van der Waals surface area contributed by atoms with Gasteiger partial charge in [-0.3, -0.25) is 4.79 Å². The first-order valence-electron chi connectivity index (χ1n) is 7.22. The van der Waals surface area contributed by atoms with Gasteiger partial charge in [-0.2, -0.15) is 0 Å². The Morgan fingerprint density at radius 3 is 2.96 bits per heavy atom. The van der Waals surface area contributed by atoms with E-state index < -0.39 is 11.9 Å². The number of ether oxygens (including phenoxy) is 4. The van der Waals surface area contributed by atoms with Crippen molar-refractivity contribution in [2.24, 2.45) is 5.73 Å². The van der Waals surface area contributed by atoms with Crippen LogP contribution in [0.3, 0.4) is 0 Å². The lowest BCUT2D eigenvalue weighted by Crippen LogP contribution is -2.43. The Morgan fingerprint density at radius 1 is 1.17 bits per heavy atom. The van der Waals surface area contributed by atoms with Crippen LogP contribution in [0.5, 0.6) is 5.75 Å². The molecule has 1 aromatic rings. The minimum atomic E-state index is -1.10. The van der Waals surface area contributed by atoms with Crippen molar-refractivity contribution in [3.63, 3.8) is 0 Å². The van der Waals surface area contributed by atoms with E-state index in [1.807, 2.05) is 0 Å². The van der Waals surface area contributed by atoms with Gasteiger partial charge in [-0.25, -0.2) is 0 Å². The summed E-state index contributed by atoms with van der Waals surface area (Å²) in [5, 5.41) is 0. The number of ketones is 1. The summed E-state index contributed by atoms with van der Waals surface area (Å²) in [6.07, 6.45) is 6.15. The van der Waals surface area contributed by atoms with E-state index in [2.05, 4.69) is 0 Å². The maximum atomic E-state index is 12.3. The molecular weight excluding hydrogens is 298 g/mol. The molecule has 0 amide bonds. The average Bonchev–Trinajstić information content (AvgIpc) is 2.94. The summed E-state index contributed by atoms with van der Waals surface area (Å²) in [5.41, 5.74) is 7.76. The molecule has 118 valence electrons. The van der Waals surface area contributed by atoms with Gasteiger partial charge >= 0.3 is 0 Å². The molecule has 5 rings (SSSR count). The number of carbonyl (C=O) groups is 1. The summed E-state index contributed by atoms with van der Waals surface area (Å²) in [5.74, 6) is -0.694. The molecule has 0 aromatic heterocycles. The predicted octanol–water partition coefficient (Wildman–Crippen LogP) is 1.64. The third-order valence-electron chi connectivity index (χ3n) is 3.99. The van der Waals surface area contributed by atoms with Crippen LogP contribution in [0.4, 0.5) is 0 Å². The first kappa shape index (κ1) is 14.2. The lowest BCUT2D eigenvalue weighted by Gasteiger charge is -2.31. The van der Waals surface area contributed by atoms with Crippen LogP contribution in [0.25, 0.3) is 0 Å². The molecule has 6 nitrogen and oxygen atoms in total. The van der Waals surface area contributed by atoms with Crippen molar-refractivity contribution in [3.8, 4) is 5.75 Å². The normalized spacial score (nSPS) is 29.6. The lowest BCUT2D eigenvalue weighted by molar-refractivity contribution is -0.208. The molecule has 1 aliphatic carbocycles. The van der Waals surface area contributed by atoms with Crippen LogP contribution in [0.1, 0.15) is 10.4 Å². The van der Waals surface area contributed by atoms with Crippen LogP contribution in [-0.2, 0) is 14.2 Å². The van der Waals surface area contributed by atoms with Crippen LogP contribution in [-0.4, -0.2) is 31.3 Å². The maximum absolute atomic E-state index is 12.3. The van der Waals surface area contributed by atoms with Crippen molar-refractivity contribution >= 4 is 5.78 Å². The minimum Gasteiger partial charge on any atom is -0.467 e. The molecule has 1 saturated heterocycles. The quantitative estimate of drug-likeness (QED) is 0.784. The summed E-state index contributed by atoms with van der Waals surface area (Å²) in [7, 11) is 0. The first-order chi connectivity index (χ1) is 11.2. The van der Waals surface area contributed by atoms with E-state index in [9.17, 15) is 4.79 Å². The Hall–Kier alpha value is -2.41. The van der Waals surface area contributed by atoms with Crippen LogP contribution in [0.15, 0.2) is 59.8 Å². The molecule has 1 aromatic carbocycles. The molecule has 2 atom stereocenters. The van der Waals surface area contributed by atoms with Crippen molar-refractivity contribution in [1.82, 2.24) is 0 Å². The molecule has 3 aliphatic heterocycles. The van der Waals surface area contributed by atoms with Gasteiger partial charge in [0.25, 0.3) is 0 Å². The summed E-state index contributed by atoms with van der Waals surface area (Å²) in [4.78, 5) is 12.3. The molecule has 4 aliphatic rings. The summed E-state index contributed by atoms with van der Waals surface area (Å²) >= 11 is 0. The van der Waals surface area contributed by atoms with Crippen molar-refractivity contribution < 1.29 is 23.7 Å². The molecule has 2 N–H and O–H groups in total. The molecular formula is C17H15NO5. The van der Waals surface area contributed by atoms with Crippen LogP contribution in [0, 0.1) is 0 Å². The monoisotopic (exact) mass is 313 g/mol. The Morgan fingerprint density at radius 2 is 2.04 bits per heavy atom. The molecule has 2 unspecified atom stereocenters. The van der Waals surface area contributed by atoms with Crippen molar-refractivity contribution in [3.05, 3.63) is 65.4 Å². The third-order valence-corrected chi connectivity index (χ3v) is 3.99. The Balaban J connectivity index is 1.77. The lowest BCUT2D eigenvalue weighted by atomic mass is 9.95. The highest BCUT2D eigenvalue weighted by Crippen LogP contribution is 2.36. The van der Waals surface area contributed by atoms with Crippen LogP contribution in [0.2, 0.25) is 0 Å². The highest BCUT2D eigenvalue weighted by molar-refractivity contribution is 6.05. The van der Waals surface area contributed by atoms with E-state index in [1.54, 1.807) is 42.5 Å². The molecule has 1 fully saturated rings. The van der Waals surface area contributed by atoms with Gasteiger partial charge in [-0.05, 0) is 35.9 Å². The number of fused-ring (bicyclic) bond motifs is 3. The number of hydrogen-bond donors (Lipinski definition) is 1. The van der Waals surface area contributed by atoms with Gasteiger partial charge in [0.1, 0.15) is 11.9 Å². The van der Waals surface area contributed by atoms with Crippen molar-refractivity contribution in [2.45, 2.75) is 11.9 Å². The third kappa shape index (κ3) is 2.46. The van der Waals surface area contributed by atoms with Crippen LogP contribution < -0.4 is 10.5 Å². The van der Waals surface area contributed by atoms with Gasteiger partial charge < -0.3 is 24.7 Å². The van der Waals surface area contributed by atoms with E-state index in [0.29, 0.717) is 22.6 Å². The molecule has 1 spiro atoms. The predicted molar refractivity (Wildman–Crippen MR) is 80.4 cm³/mol. The number of allylic oxidation sites excluding steroid dienone is 2. The number of nitrogens with two attached hydrogens (primary N) is 1. The molecule has 0 radical (unpaired) electrons. The van der Waals surface area contributed by atoms with Crippen molar-refractivity contribution in [2.75, 3.05) is 13.6 Å². The Bertz CT molecular complexity index is 751. The first-order valence-corrected chi connectivity index (χ1v) is 7.22. The Kier molecular flexibility index (Phi) is 3.30. The number of rotatable bonds is 0. The second kappa shape index (κ2) is 5.34. The fourth-order valence-corrected chi connectivity index (χ4v) is 2.75. The fraction of sp³-hybridized carbons (Fsp3) is 0.235. The van der Waals surface area contributed by atoms with E-state index in [0.717, 1.165) is 0 Å². The van der Waals surface area contributed by atoms with E-state index in [-0.39, 0.29) is 19.4 Å². The van der Waals surface area contributed by atoms with E-state index in [1.165, 1.54) is 6.08 Å². The second-order valence-electron chi connectivity index (χ2n) is 5.42. The standard InChI is InChI=1S/C17H15NO5/c18-14-8-17-16(21-10-23-17)7-11(14)4-5-15(19)12-2-1-3-13(6-12)20-9-22-17/h1-8,16H,9-10,18H2. The molecule has 6 heteroatoms. The topological polar surface area (TPSA) is 80.0 Å². The number of benzene rings is 1. The number of hydrogen-bond acceptors (Lipinski definition) is 6.